The van der Waals surface area contributed by atoms with Crippen LogP contribution in [0.4, 0.5) is 0 Å². The molecular weight excluding hydrogens is 122 g/mol. The monoisotopic (exact) mass is 131 g/mol. The fourth-order valence-corrected chi connectivity index (χ4v) is 0.136. The van der Waals surface area contributed by atoms with Gasteiger partial charge in [0.1, 0.15) is 0 Å². The van der Waals surface area contributed by atoms with Crippen LogP contribution in [0.5, 0.6) is 0 Å². The highest BCUT2D eigenvalue weighted by atomic mass is 16.6. The van der Waals surface area contributed by atoms with Crippen LogP contribution >= 0.6 is 0 Å². The van der Waals surface area contributed by atoms with Crippen LogP contribution in [-0.4, -0.2) is 28.6 Å². The number of rotatable bonds is 1. The van der Waals surface area contributed by atoms with Gasteiger partial charge in [0.25, 0.3) is 0 Å². The van der Waals surface area contributed by atoms with E-state index in [0.29, 0.717) is 6.54 Å². The Labute approximate surface area is 52.4 Å². The zero-order valence-corrected chi connectivity index (χ0v) is 4.90. The summed E-state index contributed by atoms with van der Waals surface area (Å²) in [5.74, 6) is 0. The van der Waals surface area contributed by atoms with Crippen molar-refractivity contribution in [2.45, 2.75) is 0 Å². The Hall–Kier alpha value is -0.940. The molecule has 0 unspecified atom stereocenters. The average molecular weight is 131 g/mol. The summed E-state index contributed by atoms with van der Waals surface area (Å²) in [6.45, 7) is 0.472. The lowest BCUT2D eigenvalue weighted by atomic mass is 10.8. The van der Waals surface area contributed by atoms with E-state index in [-0.39, 0.29) is 6.61 Å². The van der Waals surface area contributed by atoms with E-state index < -0.39 is 0 Å². The maximum Gasteiger partial charge on any atom is 0.0913 e. The lowest BCUT2D eigenvalue weighted by Gasteiger charge is -1.71. The van der Waals surface area contributed by atoms with Crippen molar-refractivity contribution >= 4 is 0 Å². The van der Waals surface area contributed by atoms with Crippen LogP contribution in [0.2, 0.25) is 0 Å². The molecule has 5 heteroatoms. The van der Waals surface area contributed by atoms with E-state index in [2.05, 4.69) is 14.9 Å². The van der Waals surface area contributed by atoms with Crippen molar-refractivity contribution in [2.24, 2.45) is 5.73 Å². The maximum atomic E-state index is 7.75. The molecule has 0 saturated heterocycles. The Balaban J connectivity index is 0.000000148. The second-order valence-electron chi connectivity index (χ2n) is 1.10. The molecule has 0 atom stereocenters. The van der Waals surface area contributed by atoms with Gasteiger partial charge in [0, 0.05) is 6.54 Å². The number of aliphatic hydroxyl groups excluding tert-OH is 1. The molecule has 9 heavy (non-hydrogen) atoms. The van der Waals surface area contributed by atoms with Crippen LogP contribution in [0.3, 0.4) is 0 Å². The molecule has 1 aromatic heterocycles. The molecule has 52 valence electrons. The van der Waals surface area contributed by atoms with E-state index in [0.717, 1.165) is 0 Å². The molecule has 5 nitrogen and oxygen atoms in total. The number of hydrogen-bond donors (Lipinski definition) is 2. The SMILES string of the molecule is NCCO.c1cnon1. The highest BCUT2D eigenvalue weighted by Gasteiger charge is 1.61. The van der Waals surface area contributed by atoms with Crippen molar-refractivity contribution in [3.05, 3.63) is 12.4 Å². The predicted molar refractivity (Wildman–Crippen MR) is 30.4 cm³/mol. The van der Waals surface area contributed by atoms with Gasteiger partial charge in [0.15, 0.2) is 0 Å². The summed E-state index contributed by atoms with van der Waals surface area (Å²) in [5.41, 5.74) is 4.78. The normalized spacial score (nSPS) is 7.78. The predicted octanol–water partition coefficient (Wildman–Crippen LogP) is -0.993. The molecule has 0 aliphatic carbocycles. The Bertz CT molecular complexity index is 89.3. The van der Waals surface area contributed by atoms with Gasteiger partial charge in [-0.1, -0.05) is 10.3 Å². The van der Waals surface area contributed by atoms with Crippen LogP contribution in [0, 0.1) is 0 Å². The third kappa shape index (κ3) is 7.06. The number of nitrogens with two attached hydrogens (primary N) is 1. The lowest BCUT2D eigenvalue weighted by Crippen LogP contribution is -2.02. The van der Waals surface area contributed by atoms with Gasteiger partial charge in [0.05, 0.1) is 19.0 Å². The second-order valence-corrected chi connectivity index (χ2v) is 1.10. The number of aliphatic hydroxyl groups is 1. The third-order valence-corrected chi connectivity index (χ3v) is 0.412. The zero-order chi connectivity index (χ0) is 6.95. The summed E-state index contributed by atoms with van der Waals surface area (Å²) < 4.78 is 4.08. The van der Waals surface area contributed by atoms with E-state index >= 15 is 0 Å². The standard InChI is InChI=1S/C2H2N2O.C2H7NO/c1-2-4-5-3-1;3-1-2-4/h1-2H;4H,1-3H2. The van der Waals surface area contributed by atoms with E-state index in [1.165, 1.54) is 12.4 Å². The Kier molecular flexibility index (Phi) is 6.32. The van der Waals surface area contributed by atoms with Gasteiger partial charge in [-0.05, 0) is 0 Å². The number of aromatic nitrogens is 2. The molecule has 0 aromatic carbocycles. The van der Waals surface area contributed by atoms with Crippen molar-refractivity contribution in [1.29, 1.82) is 0 Å². The highest BCUT2D eigenvalue weighted by molar-refractivity contribution is 4.51. The summed E-state index contributed by atoms with van der Waals surface area (Å²) in [4.78, 5) is 0. The van der Waals surface area contributed by atoms with Gasteiger partial charge >= 0.3 is 0 Å². The van der Waals surface area contributed by atoms with Gasteiger partial charge in [-0.3, -0.25) is 0 Å². The summed E-state index contributed by atoms with van der Waals surface area (Å²) in [6.07, 6.45) is 2.94. The molecule has 0 saturated carbocycles. The summed E-state index contributed by atoms with van der Waals surface area (Å²) in [6, 6.07) is 0. The topological polar surface area (TPSA) is 85.2 Å². The molecule has 1 aromatic rings. The zero-order valence-electron chi connectivity index (χ0n) is 4.90. The third-order valence-electron chi connectivity index (χ3n) is 0.412. The maximum absolute atomic E-state index is 7.75. The van der Waals surface area contributed by atoms with Crippen molar-refractivity contribution in [3.63, 3.8) is 0 Å². The van der Waals surface area contributed by atoms with Crippen LogP contribution in [0.15, 0.2) is 17.0 Å². The quantitative estimate of drug-likeness (QED) is 0.511. The average Bonchev–Trinajstić information content (AvgIpc) is 2.43. The summed E-state index contributed by atoms with van der Waals surface area (Å²) >= 11 is 0. The molecule has 1 rings (SSSR count). The number of hydrogen-bond acceptors (Lipinski definition) is 5. The van der Waals surface area contributed by atoms with E-state index in [4.69, 9.17) is 10.8 Å². The minimum absolute atomic E-state index is 0.0972. The van der Waals surface area contributed by atoms with Gasteiger partial charge < -0.3 is 10.8 Å². The fraction of sp³-hybridized carbons (Fsp3) is 0.500. The van der Waals surface area contributed by atoms with Crippen molar-refractivity contribution in [1.82, 2.24) is 10.3 Å². The molecular formula is C4H9N3O2. The summed E-state index contributed by atoms with van der Waals surface area (Å²) in [5, 5.41) is 14.2. The molecule has 0 amide bonds. The summed E-state index contributed by atoms with van der Waals surface area (Å²) in [7, 11) is 0. The molecule has 0 bridgehead atoms. The van der Waals surface area contributed by atoms with Crippen LogP contribution in [-0.2, 0) is 0 Å². The van der Waals surface area contributed by atoms with Gasteiger partial charge in [0.2, 0.25) is 0 Å². The minimum Gasteiger partial charge on any atom is -0.395 e. The molecule has 0 aliphatic rings. The van der Waals surface area contributed by atoms with E-state index in [9.17, 15) is 0 Å². The van der Waals surface area contributed by atoms with E-state index in [1.807, 2.05) is 0 Å². The minimum atomic E-state index is 0.0972. The van der Waals surface area contributed by atoms with Crippen LogP contribution < -0.4 is 5.73 Å². The number of nitrogens with zero attached hydrogens (tertiary/aromatic N) is 2. The molecule has 0 radical (unpaired) electrons. The smallest absolute Gasteiger partial charge is 0.0913 e. The van der Waals surface area contributed by atoms with Crippen molar-refractivity contribution in [2.75, 3.05) is 13.2 Å². The van der Waals surface area contributed by atoms with Gasteiger partial charge in [-0.15, -0.1) is 0 Å². The Morgan fingerprint density at radius 3 is 2.00 bits per heavy atom. The molecule has 0 fully saturated rings. The first-order chi connectivity index (χ1) is 4.41. The first kappa shape index (κ1) is 8.06. The lowest BCUT2D eigenvalue weighted by molar-refractivity contribution is 0.306. The van der Waals surface area contributed by atoms with Crippen LogP contribution in [0.1, 0.15) is 0 Å². The van der Waals surface area contributed by atoms with Gasteiger partial charge in [-0.25, -0.2) is 4.63 Å². The second kappa shape index (κ2) is 7.06. The molecule has 3 N–H and O–H groups in total. The largest absolute Gasteiger partial charge is 0.395 e. The molecule has 0 aliphatic heterocycles. The molecule has 1 heterocycles. The molecule has 0 spiro atoms. The highest BCUT2D eigenvalue weighted by Crippen LogP contribution is 1.62. The first-order valence-corrected chi connectivity index (χ1v) is 2.44. The Morgan fingerprint density at radius 1 is 1.44 bits per heavy atom. The first-order valence-electron chi connectivity index (χ1n) is 2.44. The van der Waals surface area contributed by atoms with Crippen molar-refractivity contribution in [3.8, 4) is 0 Å². The van der Waals surface area contributed by atoms with Crippen LogP contribution in [0.25, 0.3) is 0 Å². The Morgan fingerprint density at radius 2 is 1.89 bits per heavy atom. The van der Waals surface area contributed by atoms with Gasteiger partial charge in [-0.2, -0.15) is 0 Å². The fourth-order valence-electron chi connectivity index (χ4n) is 0.136. The van der Waals surface area contributed by atoms with E-state index in [1.54, 1.807) is 0 Å². The van der Waals surface area contributed by atoms with Crippen molar-refractivity contribution < 1.29 is 9.74 Å².